The first kappa shape index (κ1) is 28.8. The minimum Gasteiger partial charge on any atom is -0.455 e. The zero-order valence-corrected chi connectivity index (χ0v) is 29.1. The molecule has 0 saturated heterocycles. The number of fused-ring (bicyclic) bond motifs is 15. The fourth-order valence-electron chi connectivity index (χ4n) is 8.44. The van der Waals surface area contributed by atoms with Crippen molar-refractivity contribution in [1.82, 2.24) is 14.5 Å². The van der Waals surface area contributed by atoms with E-state index in [1.807, 2.05) is 23.5 Å². The second-order valence-electron chi connectivity index (χ2n) is 13.7. The summed E-state index contributed by atoms with van der Waals surface area (Å²) in [6.07, 6.45) is 0. The Labute approximate surface area is 306 Å². The van der Waals surface area contributed by atoms with Crippen LogP contribution in [0.5, 0.6) is 0 Å². The smallest absolute Gasteiger partial charge is 0.145 e. The van der Waals surface area contributed by atoms with Gasteiger partial charge in [-0.05, 0) is 41.8 Å². The molecular formula is C48H27N3OS. The molecule has 4 nitrogen and oxygen atoms in total. The molecule has 0 aliphatic carbocycles. The van der Waals surface area contributed by atoms with Crippen LogP contribution < -0.4 is 0 Å². The third-order valence-corrected chi connectivity index (χ3v) is 11.9. The van der Waals surface area contributed by atoms with E-state index in [9.17, 15) is 0 Å². The van der Waals surface area contributed by atoms with Crippen molar-refractivity contribution in [3.05, 3.63) is 164 Å². The van der Waals surface area contributed by atoms with Crippen molar-refractivity contribution in [2.24, 2.45) is 0 Å². The lowest BCUT2D eigenvalue weighted by Gasteiger charge is -2.14. The number of para-hydroxylation sites is 2. The van der Waals surface area contributed by atoms with Gasteiger partial charge in [0.05, 0.1) is 38.2 Å². The van der Waals surface area contributed by atoms with Gasteiger partial charge in [-0.25, -0.2) is 9.97 Å². The monoisotopic (exact) mass is 693 g/mol. The number of rotatable bonds is 3. The van der Waals surface area contributed by atoms with Crippen LogP contribution in [0.3, 0.4) is 0 Å². The highest BCUT2D eigenvalue weighted by Gasteiger charge is 2.25. The van der Waals surface area contributed by atoms with Gasteiger partial charge in [0.25, 0.3) is 0 Å². The summed E-state index contributed by atoms with van der Waals surface area (Å²) in [5, 5.41) is 9.31. The molecule has 0 aliphatic rings. The SMILES string of the molecule is c1ccc(-c2nc3ccc4ccc(-n5c6ccccc6c6c7c8ccccc8oc7c7c8ccccc8sc7c65)cc4c3nc2-c2ccccc2)cc1. The highest BCUT2D eigenvalue weighted by molar-refractivity contribution is 7.27. The van der Waals surface area contributed by atoms with Crippen LogP contribution >= 0.6 is 11.3 Å². The van der Waals surface area contributed by atoms with Crippen LogP contribution in [-0.2, 0) is 0 Å². The first-order valence-corrected chi connectivity index (χ1v) is 18.7. The Morgan fingerprint density at radius 2 is 1.17 bits per heavy atom. The standard InChI is InChI=1S/C48H27N3OS/c1-3-13-29(14-4-1)43-44(30-15-5-2-6-16-30)50-45-35-27-31(25-23-28(35)24-26-36(45)49-43)51-37-20-10-7-17-32(37)40-41-33-18-8-11-21-38(33)52-47(41)42-34-19-9-12-22-39(34)53-48(42)46(40)51/h1-27H. The number of hydrogen-bond donors (Lipinski definition) is 0. The van der Waals surface area contributed by atoms with Crippen molar-refractivity contribution < 1.29 is 4.42 Å². The molecule has 12 rings (SSSR count). The second-order valence-corrected chi connectivity index (χ2v) is 14.7. The Hall–Kier alpha value is -6.82. The fourth-order valence-corrected chi connectivity index (χ4v) is 9.68. The zero-order chi connectivity index (χ0) is 34.6. The van der Waals surface area contributed by atoms with Gasteiger partial charge in [0.2, 0.25) is 0 Å². The highest BCUT2D eigenvalue weighted by Crippen LogP contribution is 2.50. The van der Waals surface area contributed by atoms with Gasteiger partial charge in [0.15, 0.2) is 0 Å². The molecule has 0 unspecified atom stereocenters. The van der Waals surface area contributed by atoms with Crippen LogP contribution in [0, 0.1) is 0 Å². The average molecular weight is 694 g/mol. The van der Waals surface area contributed by atoms with Crippen molar-refractivity contribution in [2.45, 2.75) is 0 Å². The molecule has 0 bridgehead atoms. The van der Waals surface area contributed by atoms with E-state index in [1.54, 1.807) is 0 Å². The Bertz CT molecular complexity index is 3450. The molecule has 4 aromatic heterocycles. The van der Waals surface area contributed by atoms with Crippen molar-refractivity contribution >= 4 is 97.1 Å². The summed E-state index contributed by atoms with van der Waals surface area (Å²) in [7, 11) is 0. The number of nitrogens with zero attached hydrogens (tertiary/aromatic N) is 3. The molecule has 0 N–H and O–H groups in total. The zero-order valence-electron chi connectivity index (χ0n) is 28.2. The third-order valence-electron chi connectivity index (χ3n) is 10.7. The lowest BCUT2D eigenvalue weighted by molar-refractivity contribution is 0.673. The summed E-state index contributed by atoms with van der Waals surface area (Å²) in [4.78, 5) is 10.8. The third kappa shape index (κ3) is 4.05. The molecular weight excluding hydrogens is 667 g/mol. The molecule has 53 heavy (non-hydrogen) atoms. The topological polar surface area (TPSA) is 43.9 Å². The summed E-state index contributed by atoms with van der Waals surface area (Å²) >= 11 is 1.84. The van der Waals surface area contributed by atoms with Crippen molar-refractivity contribution in [2.75, 3.05) is 0 Å². The van der Waals surface area contributed by atoms with Crippen LogP contribution in [0.4, 0.5) is 0 Å². The van der Waals surface area contributed by atoms with E-state index in [0.717, 1.165) is 72.1 Å². The van der Waals surface area contributed by atoms with E-state index in [1.165, 1.54) is 41.8 Å². The van der Waals surface area contributed by atoms with Gasteiger partial charge >= 0.3 is 0 Å². The average Bonchev–Trinajstić information content (AvgIpc) is 3.91. The Morgan fingerprint density at radius 1 is 0.509 bits per heavy atom. The van der Waals surface area contributed by atoms with E-state index in [0.29, 0.717) is 0 Å². The minimum absolute atomic E-state index is 0.869. The van der Waals surface area contributed by atoms with Gasteiger partial charge in [-0.15, -0.1) is 11.3 Å². The van der Waals surface area contributed by atoms with Gasteiger partial charge in [-0.3, -0.25) is 0 Å². The molecule has 8 aromatic carbocycles. The molecule has 0 radical (unpaired) electrons. The van der Waals surface area contributed by atoms with E-state index in [2.05, 4.69) is 156 Å². The Kier molecular flexibility index (Phi) is 5.90. The highest BCUT2D eigenvalue weighted by atomic mass is 32.1. The maximum atomic E-state index is 6.78. The maximum Gasteiger partial charge on any atom is 0.145 e. The first-order valence-electron chi connectivity index (χ1n) is 17.8. The largest absolute Gasteiger partial charge is 0.455 e. The first-order chi connectivity index (χ1) is 26.3. The normalized spacial score (nSPS) is 12.2. The predicted molar refractivity (Wildman–Crippen MR) is 222 cm³/mol. The molecule has 246 valence electrons. The summed E-state index contributed by atoms with van der Waals surface area (Å²) in [6, 6.07) is 57.8. The predicted octanol–water partition coefficient (Wildman–Crippen LogP) is 13.5. The summed E-state index contributed by atoms with van der Waals surface area (Å²) in [5.41, 5.74) is 10.9. The van der Waals surface area contributed by atoms with Gasteiger partial charge < -0.3 is 8.98 Å². The van der Waals surface area contributed by atoms with Crippen LogP contribution in [0.15, 0.2) is 168 Å². The molecule has 12 aromatic rings. The molecule has 0 fully saturated rings. The molecule has 0 amide bonds. The van der Waals surface area contributed by atoms with E-state index < -0.39 is 0 Å². The number of benzene rings is 8. The molecule has 4 heterocycles. The Morgan fingerprint density at radius 3 is 1.98 bits per heavy atom. The minimum atomic E-state index is 0.869. The quantitative estimate of drug-likeness (QED) is 0.173. The van der Waals surface area contributed by atoms with Gasteiger partial charge in [0, 0.05) is 59.2 Å². The summed E-state index contributed by atoms with van der Waals surface area (Å²) in [6.45, 7) is 0. The van der Waals surface area contributed by atoms with E-state index in [4.69, 9.17) is 14.4 Å². The summed E-state index contributed by atoms with van der Waals surface area (Å²) in [5.74, 6) is 0. The lowest BCUT2D eigenvalue weighted by Crippen LogP contribution is -1.97. The Balaban J connectivity index is 1.23. The van der Waals surface area contributed by atoms with Gasteiger partial charge in [-0.1, -0.05) is 127 Å². The van der Waals surface area contributed by atoms with Crippen molar-refractivity contribution in [3.63, 3.8) is 0 Å². The van der Waals surface area contributed by atoms with Gasteiger partial charge in [0.1, 0.15) is 11.2 Å². The van der Waals surface area contributed by atoms with Crippen molar-refractivity contribution in [1.29, 1.82) is 0 Å². The van der Waals surface area contributed by atoms with Crippen LogP contribution in [0.1, 0.15) is 0 Å². The molecule has 0 atom stereocenters. The van der Waals surface area contributed by atoms with E-state index in [-0.39, 0.29) is 0 Å². The maximum absolute atomic E-state index is 6.78. The van der Waals surface area contributed by atoms with Gasteiger partial charge in [-0.2, -0.15) is 0 Å². The fraction of sp³-hybridized carbons (Fsp3) is 0. The molecule has 0 spiro atoms. The van der Waals surface area contributed by atoms with Crippen LogP contribution in [0.2, 0.25) is 0 Å². The van der Waals surface area contributed by atoms with E-state index >= 15 is 0 Å². The number of hydrogen-bond acceptors (Lipinski definition) is 4. The lowest BCUT2D eigenvalue weighted by atomic mass is 10.0. The molecule has 0 aliphatic heterocycles. The number of thiophene rings is 1. The van der Waals surface area contributed by atoms with Crippen LogP contribution in [0.25, 0.3) is 114 Å². The second kappa shape index (κ2) is 10.8. The molecule has 5 heteroatoms. The molecule has 0 saturated carbocycles. The van der Waals surface area contributed by atoms with Crippen LogP contribution in [-0.4, -0.2) is 14.5 Å². The number of furan rings is 1. The number of aromatic nitrogens is 3. The summed E-state index contributed by atoms with van der Waals surface area (Å²) < 4.78 is 11.7. The van der Waals surface area contributed by atoms with Crippen molar-refractivity contribution in [3.8, 4) is 28.2 Å².